The molecule has 1 unspecified atom stereocenters. The van der Waals surface area contributed by atoms with Crippen LogP contribution in [0.1, 0.15) is 6.42 Å². The highest BCUT2D eigenvalue weighted by molar-refractivity contribution is 5.85. The smallest absolute Gasteiger partial charge is 0.438 e. The van der Waals surface area contributed by atoms with Crippen molar-refractivity contribution >= 4 is 5.97 Å². The molecule has 1 atom stereocenters. The van der Waals surface area contributed by atoms with E-state index in [0.717, 1.165) is 0 Å². The van der Waals surface area contributed by atoms with Crippen molar-refractivity contribution in [2.45, 2.75) is 66.1 Å². The molecular formula is C15H8F20O3. The highest BCUT2D eigenvalue weighted by Crippen LogP contribution is 2.66. The molecule has 38 heavy (non-hydrogen) atoms. The molecule has 0 fully saturated rings. The van der Waals surface area contributed by atoms with Gasteiger partial charge in [-0.2, -0.15) is 83.4 Å². The van der Waals surface area contributed by atoms with Gasteiger partial charge in [0.15, 0.2) is 0 Å². The van der Waals surface area contributed by atoms with Crippen LogP contribution in [0.25, 0.3) is 0 Å². The van der Waals surface area contributed by atoms with Crippen molar-refractivity contribution in [2.75, 3.05) is 6.61 Å². The molecule has 0 rings (SSSR count). The monoisotopic (exact) mass is 616 g/mol. The SMILES string of the molecule is C=C(F)C(=O)OCC(O)CC(F)(F)C(F)(F)C(F)(F)C(F)(F)C(F)(F)C(F)(F)C(F)(C(F)(F)F)C(F)(F)F. The average Bonchev–Trinajstić information content (AvgIpc) is 2.68. The molecule has 0 radical (unpaired) electrons. The van der Waals surface area contributed by atoms with Crippen LogP contribution in [-0.2, 0) is 9.53 Å². The van der Waals surface area contributed by atoms with Crippen molar-refractivity contribution in [3.63, 3.8) is 0 Å². The highest BCUT2D eigenvalue weighted by atomic mass is 19.4. The summed E-state index contributed by atoms with van der Waals surface area (Å²) in [5, 5.41) is 8.98. The second-order valence-corrected chi connectivity index (χ2v) is 7.09. The van der Waals surface area contributed by atoms with Crippen LogP contribution >= 0.6 is 0 Å². The zero-order valence-corrected chi connectivity index (χ0v) is 17.0. The Labute approximate surface area is 195 Å². The first-order valence-corrected chi connectivity index (χ1v) is 8.51. The van der Waals surface area contributed by atoms with Gasteiger partial charge >= 0.3 is 59.5 Å². The first kappa shape index (κ1) is 35.8. The quantitative estimate of drug-likeness (QED) is 0.166. The van der Waals surface area contributed by atoms with Crippen LogP contribution in [0.15, 0.2) is 12.4 Å². The minimum atomic E-state index is -9.15. The van der Waals surface area contributed by atoms with Crippen LogP contribution in [-0.4, -0.2) is 77.3 Å². The molecule has 0 aromatic rings. The van der Waals surface area contributed by atoms with E-state index in [-0.39, 0.29) is 0 Å². The Morgan fingerprint density at radius 2 is 0.947 bits per heavy atom. The number of halogens is 20. The standard InChI is InChI=1S/C15H8F20O3/c1-4(16)6(37)38-3-5(36)2-7(17,18)9(20,21)11(24,25)13(28,29)12(26,27)10(22,23)8(19,14(30,31)32)15(33,34)35/h5,36H,1-3H2. The minimum absolute atomic E-state index is 2.05. The zero-order valence-electron chi connectivity index (χ0n) is 17.0. The van der Waals surface area contributed by atoms with Gasteiger partial charge < -0.3 is 9.84 Å². The van der Waals surface area contributed by atoms with Gasteiger partial charge in [0.2, 0.25) is 5.83 Å². The van der Waals surface area contributed by atoms with Gasteiger partial charge in [-0.25, -0.2) is 9.18 Å². The molecule has 3 nitrogen and oxygen atoms in total. The summed E-state index contributed by atoms with van der Waals surface area (Å²) >= 11 is 0. The second-order valence-electron chi connectivity index (χ2n) is 7.09. The summed E-state index contributed by atoms with van der Waals surface area (Å²) in [4.78, 5) is 10.6. The van der Waals surface area contributed by atoms with Crippen molar-refractivity contribution in [3.05, 3.63) is 12.4 Å². The second kappa shape index (κ2) is 9.75. The number of alkyl halides is 19. The summed E-state index contributed by atoms with van der Waals surface area (Å²) in [6.45, 7) is 0.159. The van der Waals surface area contributed by atoms with E-state index in [1.165, 1.54) is 0 Å². The molecule has 1 N–H and O–H groups in total. The number of aliphatic hydroxyl groups excluding tert-OH is 1. The molecule has 0 amide bonds. The van der Waals surface area contributed by atoms with Crippen molar-refractivity contribution in [1.29, 1.82) is 0 Å². The molecule has 0 saturated carbocycles. The number of rotatable bonds is 11. The highest BCUT2D eigenvalue weighted by Gasteiger charge is 2.98. The normalized spacial score (nSPS) is 16.3. The van der Waals surface area contributed by atoms with Gasteiger partial charge in [0, 0.05) is 6.42 Å². The molecular weight excluding hydrogens is 608 g/mol. The molecule has 0 bridgehead atoms. The Morgan fingerprint density at radius 3 is 1.26 bits per heavy atom. The maximum atomic E-state index is 13.7. The van der Waals surface area contributed by atoms with E-state index in [0.29, 0.717) is 0 Å². The third-order valence-corrected chi connectivity index (χ3v) is 4.37. The lowest BCUT2D eigenvalue weighted by atomic mass is 9.83. The summed E-state index contributed by atoms with van der Waals surface area (Å²) in [5.74, 6) is -55.5. The van der Waals surface area contributed by atoms with Crippen molar-refractivity contribution < 1.29 is 102 Å². The van der Waals surface area contributed by atoms with E-state index in [2.05, 4.69) is 11.3 Å². The number of aliphatic hydroxyl groups is 1. The fourth-order valence-electron chi connectivity index (χ4n) is 2.29. The molecule has 0 aliphatic carbocycles. The molecule has 0 saturated heterocycles. The molecule has 0 heterocycles. The van der Waals surface area contributed by atoms with Gasteiger partial charge in [0.05, 0.1) is 6.10 Å². The number of carbonyl (C=O) groups excluding carboxylic acids is 1. The number of esters is 1. The van der Waals surface area contributed by atoms with Crippen LogP contribution in [0, 0.1) is 0 Å². The van der Waals surface area contributed by atoms with Gasteiger partial charge in [-0.05, 0) is 0 Å². The Hall–Kier alpha value is -2.23. The van der Waals surface area contributed by atoms with Gasteiger partial charge in [-0.15, -0.1) is 0 Å². The fourth-order valence-corrected chi connectivity index (χ4v) is 2.29. The molecule has 0 aliphatic rings. The average molecular weight is 616 g/mol. The zero-order chi connectivity index (χ0) is 31.4. The Bertz CT molecular complexity index is 871. The molecule has 23 heteroatoms. The summed E-state index contributed by atoms with van der Waals surface area (Å²) in [5.41, 5.74) is -8.84. The maximum absolute atomic E-state index is 13.7. The number of ether oxygens (including phenoxy) is 1. The summed E-state index contributed by atoms with van der Waals surface area (Å²) in [7, 11) is 0. The lowest BCUT2D eigenvalue weighted by molar-refractivity contribution is -0.472. The largest absolute Gasteiger partial charge is 0.458 e. The summed E-state index contributed by atoms with van der Waals surface area (Å²) in [6, 6.07) is 0. The van der Waals surface area contributed by atoms with Gasteiger partial charge in [-0.3, -0.25) is 0 Å². The van der Waals surface area contributed by atoms with Crippen LogP contribution < -0.4 is 0 Å². The van der Waals surface area contributed by atoms with E-state index in [9.17, 15) is 92.6 Å². The van der Waals surface area contributed by atoms with Crippen LogP contribution in [0.3, 0.4) is 0 Å². The Kier molecular flexibility index (Phi) is 9.18. The third kappa shape index (κ3) is 5.17. The van der Waals surface area contributed by atoms with E-state index in [4.69, 9.17) is 5.11 Å². The number of hydrogen-bond donors (Lipinski definition) is 1. The molecule has 226 valence electrons. The van der Waals surface area contributed by atoms with Crippen molar-refractivity contribution in [2.24, 2.45) is 0 Å². The van der Waals surface area contributed by atoms with Gasteiger partial charge in [-0.1, -0.05) is 6.58 Å². The lowest BCUT2D eigenvalue weighted by Gasteiger charge is -2.45. The lowest BCUT2D eigenvalue weighted by Crippen LogP contribution is -2.77. The number of carbonyl (C=O) groups is 1. The maximum Gasteiger partial charge on any atom is 0.438 e. The number of hydrogen-bond acceptors (Lipinski definition) is 3. The molecule has 0 aromatic heterocycles. The molecule has 0 aliphatic heterocycles. The van der Waals surface area contributed by atoms with E-state index in [1.54, 1.807) is 0 Å². The Morgan fingerprint density at radius 1 is 0.632 bits per heavy atom. The fraction of sp³-hybridized carbons (Fsp3) is 0.800. The first-order valence-electron chi connectivity index (χ1n) is 8.51. The Balaban J connectivity index is 6.69. The van der Waals surface area contributed by atoms with E-state index >= 15 is 0 Å². The summed E-state index contributed by atoms with van der Waals surface area (Å²) in [6.07, 6.45) is -23.5. The van der Waals surface area contributed by atoms with Crippen molar-refractivity contribution in [1.82, 2.24) is 0 Å². The summed E-state index contributed by atoms with van der Waals surface area (Å²) < 4.78 is 266. The predicted molar refractivity (Wildman–Crippen MR) is 77.5 cm³/mol. The van der Waals surface area contributed by atoms with E-state index in [1.807, 2.05) is 0 Å². The third-order valence-electron chi connectivity index (χ3n) is 4.37. The van der Waals surface area contributed by atoms with E-state index < -0.39 is 84.5 Å². The van der Waals surface area contributed by atoms with Crippen molar-refractivity contribution in [3.8, 4) is 0 Å². The molecule has 0 aromatic carbocycles. The van der Waals surface area contributed by atoms with Crippen LogP contribution in [0.4, 0.5) is 87.8 Å². The minimum Gasteiger partial charge on any atom is -0.458 e. The van der Waals surface area contributed by atoms with Crippen LogP contribution in [0.2, 0.25) is 0 Å². The van der Waals surface area contributed by atoms with Crippen LogP contribution in [0.5, 0.6) is 0 Å². The van der Waals surface area contributed by atoms with Gasteiger partial charge in [0.25, 0.3) is 0 Å². The topological polar surface area (TPSA) is 46.5 Å². The molecule has 0 spiro atoms. The first-order chi connectivity index (χ1) is 16.2. The van der Waals surface area contributed by atoms with Gasteiger partial charge in [0.1, 0.15) is 6.61 Å². The predicted octanol–water partition coefficient (Wildman–Crippen LogP) is 6.41.